The van der Waals surface area contributed by atoms with Gasteiger partial charge in [0, 0.05) is 22.4 Å². The van der Waals surface area contributed by atoms with Gasteiger partial charge in [-0.1, -0.05) is 52.6 Å². The topological polar surface area (TPSA) is 186 Å². The normalized spacial score (nSPS) is 9.16. The number of nitrogens with zero attached hydrogens (tertiary/aromatic N) is 12. The van der Waals surface area contributed by atoms with Gasteiger partial charge in [0.25, 0.3) is 0 Å². The molecule has 0 saturated carbocycles. The van der Waals surface area contributed by atoms with Crippen LogP contribution in [0.4, 0.5) is 0 Å². The first-order valence-electron chi connectivity index (χ1n) is 12.7. The van der Waals surface area contributed by atoms with Crippen molar-refractivity contribution in [3.05, 3.63) is 151 Å². The second-order valence-electron chi connectivity index (χ2n) is 9.05. The molecule has 214 valence electrons. The number of fused-ring (bicyclic) bond motifs is 5. The van der Waals surface area contributed by atoms with Gasteiger partial charge in [0.05, 0.1) is 16.6 Å². The summed E-state index contributed by atoms with van der Waals surface area (Å²) in [5.74, 6) is 0. The molecule has 3 aromatic carbocycles. The Hall–Kier alpha value is -3.80. The first-order valence-corrected chi connectivity index (χ1v) is 13.1. The standard InChI is InChI=1S/C10H8ClN.C10H8N4.C10H9N.2N3.2Na/c1-7-2-4-9-8(6-7)3-5-10(11)12-9;1-7-2-4-9-8(6-7)3-5-10-11-12-13-14(9)10;1-8-4-5-10-9(7-8)3-2-6-11-10;2*1-3-2;;/h2-6H,1H3;2-6H,1H3;2-7H,1H3;;;;/q;;;2*-1;2*+1. The summed E-state index contributed by atoms with van der Waals surface area (Å²) in [5, 5.41) is 15.5. The van der Waals surface area contributed by atoms with Crippen LogP contribution in [0.2, 0.25) is 5.15 Å². The maximum Gasteiger partial charge on any atom is 1.00 e. The number of tetrazole rings is 1. The van der Waals surface area contributed by atoms with Gasteiger partial charge >= 0.3 is 59.1 Å². The Balaban J connectivity index is 0.000000306. The van der Waals surface area contributed by atoms with E-state index in [0.29, 0.717) is 5.15 Å². The van der Waals surface area contributed by atoms with E-state index in [-0.39, 0.29) is 59.1 Å². The van der Waals surface area contributed by atoms with Crippen molar-refractivity contribution in [1.82, 2.24) is 30.0 Å². The van der Waals surface area contributed by atoms with Gasteiger partial charge in [-0.3, -0.25) is 14.8 Å². The predicted molar refractivity (Wildman–Crippen MR) is 171 cm³/mol. The third kappa shape index (κ3) is 11.9. The molecule has 7 rings (SSSR count). The molecule has 0 bridgehead atoms. The molecule has 0 aliphatic carbocycles. The summed E-state index contributed by atoms with van der Waals surface area (Å²) < 4.78 is 1.74. The van der Waals surface area contributed by atoms with Gasteiger partial charge in [-0.2, -0.15) is 4.52 Å². The van der Waals surface area contributed by atoms with Crippen LogP contribution in [0.15, 0.2) is 97.2 Å². The minimum Gasteiger partial charge on any atom is -0.373 e. The second kappa shape index (κ2) is 20.3. The third-order valence-corrected chi connectivity index (χ3v) is 6.10. The van der Waals surface area contributed by atoms with E-state index in [4.69, 9.17) is 33.7 Å². The fourth-order valence-corrected chi connectivity index (χ4v) is 4.20. The molecule has 0 saturated heterocycles. The quantitative estimate of drug-likeness (QED) is 0.0814. The summed E-state index contributed by atoms with van der Waals surface area (Å²) in [5.41, 5.74) is 34.6. The molecule has 0 atom stereocenters. The van der Waals surface area contributed by atoms with E-state index in [1.807, 2.05) is 60.8 Å². The summed E-state index contributed by atoms with van der Waals surface area (Å²) in [6.45, 7) is 6.23. The largest absolute Gasteiger partial charge is 1.00 e. The molecular weight excluding hydrogens is 610 g/mol. The van der Waals surface area contributed by atoms with Gasteiger partial charge in [0.2, 0.25) is 0 Å². The average molecular weight is 635 g/mol. The van der Waals surface area contributed by atoms with E-state index in [9.17, 15) is 0 Å². The molecule has 0 spiro atoms. The summed E-state index contributed by atoms with van der Waals surface area (Å²) in [6.07, 6.45) is 1.82. The molecular formula is C30H25ClN12Na2. The third-order valence-electron chi connectivity index (χ3n) is 5.89. The van der Waals surface area contributed by atoms with Crippen LogP contribution in [0.3, 0.4) is 0 Å². The molecule has 15 heteroatoms. The van der Waals surface area contributed by atoms with Gasteiger partial charge in [-0.25, -0.2) is 4.98 Å². The van der Waals surface area contributed by atoms with Crippen molar-refractivity contribution in [2.24, 2.45) is 0 Å². The zero-order valence-electron chi connectivity index (χ0n) is 25.5. The van der Waals surface area contributed by atoms with E-state index in [0.717, 1.165) is 33.0 Å². The SMILES string of the molecule is Cc1ccc2c(ccc3nnnn32)c1.Cc1ccc2nc(Cl)ccc2c1.Cc1ccc2ncccc2c1.[N-]=[N+]=[N-].[N-]=[N+]=[N-].[Na+].[Na+]. The molecule has 4 aromatic heterocycles. The number of pyridine rings is 3. The summed E-state index contributed by atoms with van der Waals surface area (Å²) >= 11 is 5.75. The van der Waals surface area contributed by atoms with E-state index < -0.39 is 0 Å². The van der Waals surface area contributed by atoms with Crippen LogP contribution < -0.4 is 59.1 Å². The minimum atomic E-state index is 0. The maximum atomic E-state index is 6.75. The van der Waals surface area contributed by atoms with Crippen LogP contribution in [0.1, 0.15) is 16.7 Å². The number of rotatable bonds is 0. The van der Waals surface area contributed by atoms with Crippen LogP contribution in [0, 0.1) is 20.8 Å². The molecule has 0 fully saturated rings. The summed E-state index contributed by atoms with van der Waals surface area (Å²) in [7, 11) is 0. The number of aryl methyl sites for hydroxylation is 3. The monoisotopic (exact) mass is 634 g/mol. The van der Waals surface area contributed by atoms with E-state index in [1.165, 1.54) is 31.9 Å². The maximum absolute atomic E-state index is 6.75. The fraction of sp³-hybridized carbons (Fsp3) is 0.100. The number of benzene rings is 3. The zero-order valence-corrected chi connectivity index (χ0v) is 30.2. The fourth-order valence-electron chi connectivity index (χ4n) is 4.05. The Bertz CT molecular complexity index is 2000. The van der Waals surface area contributed by atoms with Gasteiger partial charge in [-0.05, 0) is 97.9 Å². The van der Waals surface area contributed by atoms with Gasteiger partial charge < -0.3 is 22.1 Å². The molecule has 0 aliphatic rings. The Kier molecular flexibility index (Phi) is 17.7. The Morgan fingerprint density at radius 1 is 0.644 bits per heavy atom. The molecule has 12 nitrogen and oxygen atoms in total. The number of aromatic nitrogens is 6. The average Bonchev–Trinajstić information content (AvgIpc) is 3.48. The van der Waals surface area contributed by atoms with Crippen molar-refractivity contribution in [1.29, 1.82) is 0 Å². The van der Waals surface area contributed by atoms with Crippen LogP contribution in [-0.4, -0.2) is 30.0 Å². The van der Waals surface area contributed by atoms with Crippen molar-refractivity contribution >= 4 is 50.0 Å². The zero-order chi connectivity index (χ0) is 31.2. The van der Waals surface area contributed by atoms with Crippen molar-refractivity contribution in [2.45, 2.75) is 20.8 Å². The smallest absolute Gasteiger partial charge is 0.373 e. The van der Waals surface area contributed by atoms with E-state index in [2.05, 4.69) is 82.7 Å². The molecule has 0 N–H and O–H groups in total. The van der Waals surface area contributed by atoms with Crippen LogP contribution in [0.25, 0.3) is 70.3 Å². The van der Waals surface area contributed by atoms with Crippen LogP contribution in [0.5, 0.6) is 0 Å². The molecule has 0 amide bonds. The van der Waals surface area contributed by atoms with Gasteiger partial charge in [0.1, 0.15) is 5.15 Å². The summed E-state index contributed by atoms with van der Waals surface area (Å²) in [6, 6.07) is 30.4. The number of hydrogen-bond donors (Lipinski definition) is 0. The number of hydrogen-bond acceptors (Lipinski definition) is 5. The van der Waals surface area contributed by atoms with Crippen molar-refractivity contribution in [2.75, 3.05) is 0 Å². The first-order chi connectivity index (χ1) is 20.8. The molecule has 0 radical (unpaired) electrons. The predicted octanol–water partition coefficient (Wildman–Crippen LogP) is 3.07. The summed E-state index contributed by atoms with van der Waals surface area (Å²) in [4.78, 5) is 11.4. The van der Waals surface area contributed by atoms with Crippen molar-refractivity contribution in [3.63, 3.8) is 0 Å². The number of halogens is 1. The van der Waals surface area contributed by atoms with Crippen molar-refractivity contribution < 1.29 is 59.1 Å². The molecule has 0 unspecified atom stereocenters. The Labute approximate surface area is 308 Å². The van der Waals surface area contributed by atoms with Crippen LogP contribution in [-0.2, 0) is 0 Å². The van der Waals surface area contributed by atoms with Gasteiger partial charge in [-0.15, -0.1) is 5.10 Å². The molecule has 4 heterocycles. The van der Waals surface area contributed by atoms with E-state index in [1.54, 1.807) is 4.52 Å². The minimum absolute atomic E-state index is 0. The van der Waals surface area contributed by atoms with Crippen molar-refractivity contribution in [3.8, 4) is 0 Å². The van der Waals surface area contributed by atoms with Gasteiger partial charge in [0.15, 0.2) is 5.65 Å². The first kappa shape index (κ1) is 39.2. The molecule has 45 heavy (non-hydrogen) atoms. The van der Waals surface area contributed by atoms with E-state index >= 15 is 0 Å². The Morgan fingerprint density at radius 2 is 1.18 bits per heavy atom. The second-order valence-corrected chi connectivity index (χ2v) is 9.44. The molecule has 7 aromatic rings. The Morgan fingerprint density at radius 3 is 1.82 bits per heavy atom. The molecule has 0 aliphatic heterocycles. The van der Waals surface area contributed by atoms with Crippen LogP contribution >= 0.6 is 11.6 Å².